The molecule has 134 valence electrons. The minimum Gasteiger partial charge on any atom is -0.493 e. The molecule has 1 aromatic rings. The molecule has 0 unspecified atom stereocenters. The van der Waals surface area contributed by atoms with Crippen LogP contribution < -0.4 is 19.5 Å². The number of amides is 1. The molecule has 1 aromatic carbocycles. The Morgan fingerprint density at radius 1 is 1.12 bits per heavy atom. The van der Waals surface area contributed by atoms with Gasteiger partial charge in [0.05, 0.1) is 21.3 Å². The molecule has 1 fully saturated rings. The fraction of sp³-hybridized carbons (Fsp3) is 0.611. The summed E-state index contributed by atoms with van der Waals surface area (Å²) in [5, 5.41) is 3.32. The molecule has 1 amide bonds. The molecule has 6 heteroatoms. The van der Waals surface area contributed by atoms with Gasteiger partial charge in [-0.05, 0) is 50.0 Å². The first-order valence-corrected chi connectivity index (χ1v) is 8.36. The van der Waals surface area contributed by atoms with Crippen LogP contribution in [0, 0.1) is 0 Å². The van der Waals surface area contributed by atoms with Crippen LogP contribution in [-0.4, -0.2) is 58.3 Å². The zero-order chi connectivity index (χ0) is 17.5. The number of hydrogen-bond acceptors (Lipinski definition) is 5. The van der Waals surface area contributed by atoms with Gasteiger partial charge in [-0.25, -0.2) is 0 Å². The number of piperidine rings is 1. The number of hydrogen-bond donors (Lipinski definition) is 1. The van der Waals surface area contributed by atoms with Crippen molar-refractivity contribution >= 4 is 5.91 Å². The highest BCUT2D eigenvalue weighted by Crippen LogP contribution is 2.38. The lowest BCUT2D eigenvalue weighted by Gasteiger charge is -2.31. The van der Waals surface area contributed by atoms with Crippen molar-refractivity contribution in [3.05, 3.63) is 17.7 Å². The van der Waals surface area contributed by atoms with Crippen LogP contribution in [0.25, 0.3) is 0 Å². The van der Waals surface area contributed by atoms with E-state index in [1.54, 1.807) is 21.3 Å². The lowest BCUT2D eigenvalue weighted by molar-refractivity contribution is -0.132. The summed E-state index contributed by atoms with van der Waals surface area (Å²) in [6.45, 7) is 1.96. The third-order valence-corrected chi connectivity index (χ3v) is 4.60. The summed E-state index contributed by atoms with van der Waals surface area (Å²) in [7, 11) is 6.68. The van der Waals surface area contributed by atoms with Crippen molar-refractivity contribution in [2.75, 3.05) is 41.5 Å². The molecule has 0 aliphatic carbocycles. The molecule has 1 aliphatic heterocycles. The van der Waals surface area contributed by atoms with Gasteiger partial charge in [-0.15, -0.1) is 0 Å². The normalized spacial score (nSPS) is 15.0. The minimum absolute atomic E-state index is 0.177. The second-order valence-corrected chi connectivity index (χ2v) is 6.02. The largest absolute Gasteiger partial charge is 0.493 e. The van der Waals surface area contributed by atoms with Crippen LogP contribution in [0.4, 0.5) is 0 Å². The standard InChI is InChI=1S/C18H28N2O4/c1-20(14-7-9-19-10-8-14)17(21)6-5-13-11-15(22-2)18(24-4)16(12-13)23-3/h11-12,14,19H,5-10H2,1-4H3. The first kappa shape index (κ1) is 18.4. The monoisotopic (exact) mass is 336 g/mol. The average molecular weight is 336 g/mol. The quantitative estimate of drug-likeness (QED) is 0.823. The minimum atomic E-state index is 0.177. The van der Waals surface area contributed by atoms with Crippen molar-refractivity contribution in [2.24, 2.45) is 0 Å². The first-order valence-electron chi connectivity index (χ1n) is 8.36. The Kier molecular flexibility index (Phi) is 6.73. The molecule has 0 saturated carbocycles. The molecule has 24 heavy (non-hydrogen) atoms. The number of nitrogens with one attached hydrogen (secondary N) is 1. The Balaban J connectivity index is 2.01. The molecule has 0 spiro atoms. The van der Waals surface area contributed by atoms with Crippen molar-refractivity contribution in [3.8, 4) is 17.2 Å². The van der Waals surface area contributed by atoms with E-state index in [0.717, 1.165) is 31.5 Å². The molecule has 0 bridgehead atoms. The van der Waals surface area contributed by atoms with Gasteiger partial charge >= 0.3 is 0 Å². The Hall–Kier alpha value is -1.95. The maximum absolute atomic E-state index is 12.5. The Morgan fingerprint density at radius 2 is 1.71 bits per heavy atom. The molecule has 0 radical (unpaired) electrons. The summed E-state index contributed by atoms with van der Waals surface area (Å²) in [6.07, 6.45) is 3.16. The summed E-state index contributed by atoms with van der Waals surface area (Å²) < 4.78 is 16.0. The summed E-state index contributed by atoms with van der Waals surface area (Å²) >= 11 is 0. The van der Waals surface area contributed by atoms with E-state index in [4.69, 9.17) is 14.2 Å². The number of nitrogens with zero attached hydrogens (tertiary/aromatic N) is 1. The fourth-order valence-electron chi connectivity index (χ4n) is 3.10. The SMILES string of the molecule is COc1cc(CCC(=O)N(C)C2CCNCC2)cc(OC)c1OC. The summed E-state index contributed by atoms with van der Waals surface area (Å²) in [6, 6.07) is 4.15. The number of ether oxygens (including phenoxy) is 3. The molecule has 1 aliphatic rings. The summed E-state index contributed by atoms with van der Waals surface area (Å²) in [5.41, 5.74) is 0.997. The molecule has 6 nitrogen and oxygen atoms in total. The van der Waals surface area contributed by atoms with Gasteiger partial charge in [-0.2, -0.15) is 0 Å². The highest BCUT2D eigenvalue weighted by molar-refractivity contribution is 5.76. The summed E-state index contributed by atoms with van der Waals surface area (Å²) in [4.78, 5) is 14.4. The molecule has 1 N–H and O–H groups in total. The second-order valence-electron chi connectivity index (χ2n) is 6.02. The number of rotatable bonds is 7. The van der Waals surface area contributed by atoms with Gasteiger partial charge in [0.25, 0.3) is 0 Å². The van der Waals surface area contributed by atoms with E-state index in [0.29, 0.717) is 36.1 Å². The van der Waals surface area contributed by atoms with Crippen molar-refractivity contribution < 1.29 is 19.0 Å². The predicted octanol–water partition coefficient (Wildman–Crippen LogP) is 1.86. The third kappa shape index (κ3) is 4.32. The topological polar surface area (TPSA) is 60.0 Å². The third-order valence-electron chi connectivity index (χ3n) is 4.60. The Labute approximate surface area is 144 Å². The van der Waals surface area contributed by atoms with Gasteiger partial charge < -0.3 is 24.4 Å². The molecule has 1 heterocycles. The van der Waals surface area contributed by atoms with E-state index in [1.165, 1.54) is 0 Å². The first-order chi connectivity index (χ1) is 11.6. The Bertz CT molecular complexity index is 531. The van der Waals surface area contributed by atoms with Crippen molar-refractivity contribution in [2.45, 2.75) is 31.7 Å². The zero-order valence-electron chi connectivity index (χ0n) is 15.1. The van der Waals surface area contributed by atoms with Crippen LogP contribution in [0.1, 0.15) is 24.8 Å². The number of carbonyl (C=O) groups is 1. The van der Waals surface area contributed by atoms with Crippen LogP contribution in [0.15, 0.2) is 12.1 Å². The van der Waals surface area contributed by atoms with Crippen LogP contribution in [0.3, 0.4) is 0 Å². The van der Waals surface area contributed by atoms with E-state index >= 15 is 0 Å². The van der Waals surface area contributed by atoms with Crippen LogP contribution in [0.2, 0.25) is 0 Å². The highest BCUT2D eigenvalue weighted by atomic mass is 16.5. The van der Waals surface area contributed by atoms with E-state index in [2.05, 4.69) is 5.32 Å². The van der Waals surface area contributed by atoms with Crippen molar-refractivity contribution in [3.63, 3.8) is 0 Å². The van der Waals surface area contributed by atoms with E-state index in [9.17, 15) is 4.79 Å². The van der Waals surface area contributed by atoms with E-state index in [-0.39, 0.29) is 5.91 Å². The van der Waals surface area contributed by atoms with Crippen molar-refractivity contribution in [1.82, 2.24) is 10.2 Å². The second kappa shape index (κ2) is 8.78. The van der Waals surface area contributed by atoms with Crippen LogP contribution in [0.5, 0.6) is 17.2 Å². The fourth-order valence-corrected chi connectivity index (χ4v) is 3.10. The van der Waals surface area contributed by atoms with Gasteiger partial charge in [0.1, 0.15) is 0 Å². The maximum Gasteiger partial charge on any atom is 0.222 e. The van der Waals surface area contributed by atoms with Gasteiger partial charge in [-0.1, -0.05) is 0 Å². The summed E-state index contributed by atoms with van der Waals surface area (Å²) in [5.74, 6) is 1.98. The molecule has 0 aromatic heterocycles. The van der Waals surface area contributed by atoms with Crippen molar-refractivity contribution in [1.29, 1.82) is 0 Å². The molecule has 1 saturated heterocycles. The average Bonchev–Trinajstić information content (AvgIpc) is 2.65. The van der Waals surface area contributed by atoms with E-state index in [1.807, 2.05) is 24.1 Å². The van der Waals surface area contributed by atoms with Gasteiger partial charge in [0, 0.05) is 19.5 Å². The number of aryl methyl sites for hydroxylation is 1. The Morgan fingerprint density at radius 3 is 2.21 bits per heavy atom. The molecule has 0 atom stereocenters. The zero-order valence-corrected chi connectivity index (χ0v) is 15.1. The molecule has 2 rings (SSSR count). The smallest absolute Gasteiger partial charge is 0.222 e. The molecular weight excluding hydrogens is 308 g/mol. The van der Waals surface area contributed by atoms with E-state index < -0.39 is 0 Å². The highest BCUT2D eigenvalue weighted by Gasteiger charge is 2.22. The van der Waals surface area contributed by atoms with Crippen LogP contribution >= 0.6 is 0 Å². The van der Waals surface area contributed by atoms with Gasteiger partial charge in [-0.3, -0.25) is 4.79 Å². The van der Waals surface area contributed by atoms with Gasteiger partial charge in [0.2, 0.25) is 11.7 Å². The van der Waals surface area contributed by atoms with Gasteiger partial charge in [0.15, 0.2) is 11.5 Å². The molecular formula is C18H28N2O4. The number of methoxy groups -OCH3 is 3. The maximum atomic E-state index is 12.5. The van der Waals surface area contributed by atoms with Crippen LogP contribution in [-0.2, 0) is 11.2 Å². The lowest BCUT2D eigenvalue weighted by atomic mass is 10.0. The predicted molar refractivity (Wildman–Crippen MR) is 93.1 cm³/mol. The lowest BCUT2D eigenvalue weighted by Crippen LogP contribution is -2.44. The number of carbonyl (C=O) groups excluding carboxylic acids is 1. The number of benzene rings is 1.